The van der Waals surface area contributed by atoms with Crippen molar-refractivity contribution in [3.63, 3.8) is 0 Å². The highest BCUT2D eigenvalue weighted by Gasteiger charge is 2.31. The Hall–Kier alpha value is 0.700. The van der Waals surface area contributed by atoms with Gasteiger partial charge in [-0.2, -0.15) is 11.8 Å². The zero-order valence-electron chi connectivity index (χ0n) is 8.60. The summed E-state index contributed by atoms with van der Waals surface area (Å²) in [5.41, 5.74) is 0. The number of aliphatic hydroxyl groups is 1. The fraction of sp³-hybridized carbons (Fsp3) is 1.00. The summed E-state index contributed by atoms with van der Waals surface area (Å²) in [6.07, 6.45) is 0.759. The molecule has 1 saturated heterocycles. The molecule has 0 spiro atoms. The van der Waals surface area contributed by atoms with Crippen molar-refractivity contribution >= 4 is 37.5 Å². The van der Waals surface area contributed by atoms with Crippen LogP contribution < -0.4 is 0 Å². The Morgan fingerprint density at radius 1 is 1.67 bits per heavy atom. The lowest BCUT2D eigenvalue weighted by Crippen LogP contribution is -2.49. The van der Waals surface area contributed by atoms with Crippen LogP contribution in [-0.4, -0.2) is 66.1 Å². The Morgan fingerprint density at radius 3 is 2.87 bits per heavy atom. The normalized spacial score (nSPS) is 26.5. The minimum absolute atomic E-state index is 0.420. The van der Waals surface area contributed by atoms with E-state index in [1.165, 1.54) is 6.26 Å². The molecular formula is C8H16BrNO3S2. The predicted octanol–water partition coefficient (Wildman–Crippen LogP) is 0.162. The van der Waals surface area contributed by atoms with E-state index in [0.29, 0.717) is 17.6 Å². The van der Waals surface area contributed by atoms with Gasteiger partial charge in [0.2, 0.25) is 0 Å². The average Bonchev–Trinajstić information content (AvgIpc) is 2.17. The van der Waals surface area contributed by atoms with Gasteiger partial charge in [-0.1, -0.05) is 15.9 Å². The minimum atomic E-state index is -3.05. The van der Waals surface area contributed by atoms with Crippen LogP contribution in [0.3, 0.4) is 0 Å². The van der Waals surface area contributed by atoms with Crippen LogP contribution in [0.15, 0.2) is 0 Å². The number of halogens is 1. The van der Waals surface area contributed by atoms with Crippen LogP contribution in [-0.2, 0) is 9.84 Å². The van der Waals surface area contributed by atoms with Crippen molar-refractivity contribution in [3.05, 3.63) is 0 Å². The number of alkyl halides is 1. The molecule has 90 valence electrons. The van der Waals surface area contributed by atoms with Gasteiger partial charge in [0.25, 0.3) is 0 Å². The lowest BCUT2D eigenvalue weighted by Gasteiger charge is -2.34. The maximum Gasteiger partial charge on any atom is 0.164 e. The van der Waals surface area contributed by atoms with Gasteiger partial charge in [0.15, 0.2) is 9.84 Å². The first-order valence-electron chi connectivity index (χ1n) is 4.70. The molecule has 1 N–H and O–H groups in total. The first kappa shape index (κ1) is 13.8. The van der Waals surface area contributed by atoms with Gasteiger partial charge < -0.3 is 5.11 Å². The smallest absolute Gasteiger partial charge is 0.164 e. The van der Waals surface area contributed by atoms with E-state index in [1.807, 2.05) is 4.90 Å². The van der Waals surface area contributed by atoms with Crippen LogP contribution in [0.4, 0.5) is 0 Å². The van der Waals surface area contributed by atoms with Crippen LogP contribution >= 0.6 is 27.7 Å². The van der Waals surface area contributed by atoms with Crippen LogP contribution in [0.1, 0.15) is 0 Å². The number of β-amino-alcohol motifs (C(OH)–C–C–N with tert-alkyl or cyclic N) is 1. The maximum absolute atomic E-state index is 11.5. The fourth-order valence-corrected chi connectivity index (χ4v) is 4.70. The second kappa shape index (κ2) is 5.86. The standard InChI is InChI=1S/C8H16BrNO3S2/c1-15(12,13)8-6-14-3-2-10(8)5-7(11)4-9/h7-8,11H,2-6H2,1H3. The minimum Gasteiger partial charge on any atom is -0.391 e. The average molecular weight is 318 g/mol. The topological polar surface area (TPSA) is 57.6 Å². The van der Waals surface area contributed by atoms with E-state index in [9.17, 15) is 13.5 Å². The van der Waals surface area contributed by atoms with Gasteiger partial charge in [-0.25, -0.2) is 8.42 Å². The van der Waals surface area contributed by atoms with Crippen LogP contribution in [0.25, 0.3) is 0 Å². The molecule has 7 heteroatoms. The van der Waals surface area contributed by atoms with E-state index >= 15 is 0 Å². The number of hydrogen-bond acceptors (Lipinski definition) is 5. The van der Waals surface area contributed by atoms with Crippen molar-refractivity contribution in [2.24, 2.45) is 0 Å². The molecule has 0 radical (unpaired) electrons. The zero-order chi connectivity index (χ0) is 11.5. The summed E-state index contributed by atoms with van der Waals surface area (Å²) in [6, 6.07) is 0. The SMILES string of the molecule is CS(=O)(=O)C1CSCCN1CC(O)CBr. The zero-order valence-corrected chi connectivity index (χ0v) is 11.8. The maximum atomic E-state index is 11.5. The predicted molar refractivity (Wildman–Crippen MR) is 67.3 cm³/mol. The van der Waals surface area contributed by atoms with Gasteiger partial charge in [0, 0.05) is 36.2 Å². The lowest BCUT2D eigenvalue weighted by molar-refractivity contribution is 0.129. The molecule has 2 atom stereocenters. The highest BCUT2D eigenvalue weighted by atomic mass is 79.9. The number of thioether (sulfide) groups is 1. The monoisotopic (exact) mass is 317 g/mol. The molecule has 4 nitrogen and oxygen atoms in total. The molecule has 0 amide bonds. The van der Waals surface area contributed by atoms with E-state index in [1.54, 1.807) is 11.8 Å². The summed E-state index contributed by atoms with van der Waals surface area (Å²) in [7, 11) is -3.05. The Balaban J connectivity index is 2.66. The van der Waals surface area contributed by atoms with Crippen molar-refractivity contribution in [1.82, 2.24) is 4.90 Å². The summed E-state index contributed by atoms with van der Waals surface area (Å²) in [4.78, 5) is 1.86. The molecule has 15 heavy (non-hydrogen) atoms. The third-order valence-corrected chi connectivity index (χ3v) is 5.74. The highest BCUT2D eigenvalue weighted by molar-refractivity contribution is 9.09. The number of nitrogens with zero attached hydrogens (tertiary/aromatic N) is 1. The van der Waals surface area contributed by atoms with Crippen LogP contribution in [0.5, 0.6) is 0 Å². The first-order chi connectivity index (χ1) is 6.95. The van der Waals surface area contributed by atoms with Gasteiger partial charge in [-0.15, -0.1) is 0 Å². The van der Waals surface area contributed by atoms with Gasteiger partial charge in [-0.05, 0) is 0 Å². The van der Waals surface area contributed by atoms with E-state index in [4.69, 9.17) is 0 Å². The summed E-state index contributed by atoms with van der Waals surface area (Å²) < 4.78 is 23.0. The van der Waals surface area contributed by atoms with Crippen molar-refractivity contribution < 1.29 is 13.5 Å². The molecule has 0 aromatic rings. The molecule has 1 aliphatic heterocycles. The second-order valence-electron chi connectivity index (χ2n) is 3.66. The summed E-state index contributed by atoms with van der Waals surface area (Å²) in [5, 5.41) is 9.54. The number of hydrogen-bond donors (Lipinski definition) is 1. The molecule has 2 unspecified atom stereocenters. The van der Waals surface area contributed by atoms with Crippen molar-refractivity contribution in [2.45, 2.75) is 11.5 Å². The largest absolute Gasteiger partial charge is 0.391 e. The summed E-state index contributed by atoms with van der Waals surface area (Å²) >= 11 is 4.83. The van der Waals surface area contributed by atoms with Gasteiger partial charge in [0.1, 0.15) is 5.37 Å². The fourth-order valence-electron chi connectivity index (χ4n) is 1.54. The molecule has 0 bridgehead atoms. The molecule has 1 fully saturated rings. The van der Waals surface area contributed by atoms with Crippen molar-refractivity contribution in [1.29, 1.82) is 0 Å². The molecule has 1 rings (SSSR count). The van der Waals surface area contributed by atoms with E-state index in [0.717, 1.165) is 12.3 Å². The van der Waals surface area contributed by atoms with Crippen molar-refractivity contribution in [2.75, 3.05) is 36.2 Å². The molecule has 1 aliphatic rings. The van der Waals surface area contributed by atoms with Gasteiger partial charge in [0.05, 0.1) is 6.10 Å². The molecular weight excluding hydrogens is 302 g/mol. The quantitative estimate of drug-likeness (QED) is 0.749. The van der Waals surface area contributed by atoms with Gasteiger partial charge >= 0.3 is 0 Å². The molecule has 0 aromatic heterocycles. The number of aliphatic hydroxyl groups excluding tert-OH is 1. The van der Waals surface area contributed by atoms with E-state index in [2.05, 4.69) is 15.9 Å². The van der Waals surface area contributed by atoms with E-state index in [-0.39, 0.29) is 0 Å². The van der Waals surface area contributed by atoms with Gasteiger partial charge in [-0.3, -0.25) is 4.90 Å². The summed E-state index contributed by atoms with van der Waals surface area (Å²) in [5.74, 6) is 1.54. The lowest BCUT2D eigenvalue weighted by atomic mass is 10.3. The van der Waals surface area contributed by atoms with E-state index < -0.39 is 21.3 Å². The third kappa shape index (κ3) is 4.22. The highest BCUT2D eigenvalue weighted by Crippen LogP contribution is 2.20. The summed E-state index contributed by atoms with van der Waals surface area (Å²) in [6.45, 7) is 1.15. The Labute approximate surface area is 103 Å². The van der Waals surface area contributed by atoms with Crippen LogP contribution in [0.2, 0.25) is 0 Å². The number of sulfone groups is 1. The molecule has 0 aliphatic carbocycles. The van der Waals surface area contributed by atoms with Crippen LogP contribution in [0, 0.1) is 0 Å². The molecule has 0 saturated carbocycles. The van der Waals surface area contributed by atoms with Crippen molar-refractivity contribution in [3.8, 4) is 0 Å². The molecule has 0 aromatic carbocycles. The third-order valence-electron chi connectivity index (χ3n) is 2.31. The second-order valence-corrected chi connectivity index (χ2v) is 7.66. The Morgan fingerprint density at radius 2 is 2.33 bits per heavy atom. The first-order valence-corrected chi connectivity index (χ1v) is 8.93. The number of rotatable bonds is 4. The Kier molecular flexibility index (Phi) is 5.38. The Bertz CT molecular complexity index is 296. The molecule has 1 heterocycles.